The molecule has 0 heterocycles. The van der Waals surface area contributed by atoms with E-state index in [1.807, 2.05) is 0 Å². The van der Waals surface area contributed by atoms with E-state index in [0.29, 0.717) is 0 Å². The molecule has 0 aromatic heterocycles. The van der Waals surface area contributed by atoms with E-state index in [1.165, 1.54) is 5.34 Å². The van der Waals surface area contributed by atoms with E-state index in [2.05, 4.69) is 15.4 Å². The van der Waals surface area contributed by atoms with Crippen LogP contribution in [0.15, 0.2) is 5.34 Å². The van der Waals surface area contributed by atoms with Crippen LogP contribution < -0.4 is 0 Å². The molecular weight excluding hydrogens is 121 g/mol. The summed E-state index contributed by atoms with van der Waals surface area (Å²) in [7, 11) is 0. The Labute approximate surface area is 35.7 Å². The number of nitrogens with zero attached hydrogens (tertiary/aromatic N) is 1. The summed E-state index contributed by atoms with van der Waals surface area (Å²) in [5.74, 6) is 0. The Morgan fingerprint density at radius 3 is 1.60 bits per heavy atom. The molecule has 0 rings (SSSR count). The molecule has 0 bridgehead atoms. The standard InChI is InChI=1S/HNO2.Ni.O/c2-1-3;;/h(H,2,3);;. The van der Waals surface area contributed by atoms with Gasteiger partial charge in [-0.25, -0.2) is 0 Å². The number of hydrogen-bond donors (Lipinski definition) is 1. The van der Waals surface area contributed by atoms with Gasteiger partial charge in [-0.15, -0.1) is 4.91 Å². The molecule has 34 valence electrons. The van der Waals surface area contributed by atoms with Crippen LogP contribution in [0.25, 0.3) is 0 Å². The summed E-state index contributed by atoms with van der Waals surface area (Å²) in [6, 6.07) is 0. The molecule has 0 spiro atoms. The Morgan fingerprint density at radius 1 is 1.60 bits per heavy atom. The van der Waals surface area contributed by atoms with Crippen molar-refractivity contribution in [3.8, 4) is 0 Å². The van der Waals surface area contributed by atoms with Crippen LogP contribution in [0.2, 0.25) is 0 Å². The van der Waals surface area contributed by atoms with Crippen LogP contribution in [0.5, 0.6) is 0 Å². The van der Waals surface area contributed by atoms with E-state index in [-0.39, 0.29) is 0 Å². The van der Waals surface area contributed by atoms with Crippen molar-refractivity contribution in [3.63, 3.8) is 0 Å². The van der Waals surface area contributed by atoms with Gasteiger partial charge < -0.3 is 5.21 Å². The van der Waals surface area contributed by atoms with E-state index < -0.39 is 0 Å². The topological polar surface area (TPSA) is 66.7 Å². The van der Waals surface area contributed by atoms with Crippen LogP contribution >= 0.6 is 0 Å². The second-order valence-electron chi connectivity index (χ2n) is 0.0816. The summed E-state index contributed by atoms with van der Waals surface area (Å²) in [4.78, 5) is 8.11. The molecule has 0 aliphatic carbocycles. The van der Waals surface area contributed by atoms with Gasteiger partial charge in [-0.3, -0.25) is 0 Å². The molecule has 0 saturated heterocycles. The molecule has 5 heteroatoms. The molecule has 0 atom stereocenters. The molecule has 0 unspecified atom stereocenters. The van der Waals surface area contributed by atoms with Crippen molar-refractivity contribution in [2.45, 2.75) is 0 Å². The first-order valence-corrected chi connectivity index (χ1v) is 0.915. The van der Waals surface area contributed by atoms with Crippen molar-refractivity contribution >= 4 is 0 Å². The van der Waals surface area contributed by atoms with E-state index in [4.69, 9.17) is 14.0 Å². The summed E-state index contributed by atoms with van der Waals surface area (Å²) in [5, 5.41) is 7.89. The quantitative estimate of drug-likeness (QED) is 0.279. The monoisotopic (exact) mass is 121 g/mol. The van der Waals surface area contributed by atoms with Gasteiger partial charge in [0.05, 0.1) is 0 Å². The van der Waals surface area contributed by atoms with Crippen molar-refractivity contribution in [2.24, 2.45) is 5.34 Å². The van der Waals surface area contributed by atoms with Crippen LogP contribution in [-0.2, 0) is 19.3 Å². The zero-order valence-corrected chi connectivity index (χ0v) is 3.01. The minimum absolute atomic E-state index is 1.25. The molecule has 0 amide bonds. The van der Waals surface area contributed by atoms with Crippen molar-refractivity contribution in [1.82, 2.24) is 0 Å². The molecular formula is HNNiO3. The normalized spacial score (nSPS) is 3.60. The predicted molar refractivity (Wildman–Crippen MR) is 8.27 cm³/mol. The zero-order valence-electron chi connectivity index (χ0n) is 2.03. The molecule has 4 nitrogen and oxygen atoms in total. The van der Waals surface area contributed by atoms with Crippen molar-refractivity contribution in [1.29, 1.82) is 0 Å². The average molecular weight is 122 g/mol. The van der Waals surface area contributed by atoms with E-state index in [9.17, 15) is 0 Å². The second kappa shape index (κ2) is 55.7. The first-order valence-electron chi connectivity index (χ1n) is 0.512. The summed E-state index contributed by atoms with van der Waals surface area (Å²) in [6.07, 6.45) is 0. The molecule has 0 fully saturated rings. The molecule has 0 saturated carbocycles. The first kappa shape index (κ1) is 8.83. The fourth-order valence-electron chi connectivity index (χ4n) is 0. The van der Waals surface area contributed by atoms with Crippen LogP contribution in [0.3, 0.4) is 0 Å². The fourth-order valence-corrected chi connectivity index (χ4v) is 0. The Hall–Kier alpha value is -0.306. The third-order valence-corrected chi connectivity index (χ3v) is 0. The zero-order chi connectivity index (χ0) is 4.71. The van der Waals surface area contributed by atoms with E-state index >= 15 is 0 Å². The molecule has 1 N–H and O–H groups in total. The van der Waals surface area contributed by atoms with Gasteiger partial charge in [-0.2, -0.15) is 0 Å². The Kier molecular flexibility index (Phi) is 98.3. The Bertz CT molecular complexity index is 20.9. The third-order valence-electron chi connectivity index (χ3n) is 0. The molecule has 0 aliphatic rings. The summed E-state index contributed by atoms with van der Waals surface area (Å²) in [5.41, 5.74) is 0. The van der Waals surface area contributed by atoms with Crippen molar-refractivity contribution in [2.75, 3.05) is 0 Å². The third kappa shape index (κ3) is 113. The predicted octanol–water partition coefficient (Wildman–Crippen LogP) is 0.0207. The molecule has 5 heavy (non-hydrogen) atoms. The van der Waals surface area contributed by atoms with Crippen LogP contribution in [0.4, 0.5) is 0 Å². The SMILES string of the molecule is O=NO.[O]=[Ni]. The fraction of sp³-hybridized carbons (Fsp3) is 0. The van der Waals surface area contributed by atoms with E-state index in [1.54, 1.807) is 0 Å². The maximum absolute atomic E-state index is 8.11. The van der Waals surface area contributed by atoms with Gasteiger partial charge in [-0.1, -0.05) is 0 Å². The van der Waals surface area contributed by atoms with E-state index in [0.717, 1.165) is 0 Å². The van der Waals surface area contributed by atoms with Gasteiger partial charge in [-0.05, 0) is 0 Å². The molecule has 0 aromatic rings. The van der Waals surface area contributed by atoms with Gasteiger partial charge in [0.25, 0.3) is 0 Å². The number of rotatable bonds is 0. The Morgan fingerprint density at radius 2 is 1.60 bits per heavy atom. The van der Waals surface area contributed by atoms with Crippen LogP contribution in [0, 0.1) is 4.91 Å². The summed E-state index contributed by atoms with van der Waals surface area (Å²) >= 11 is 2.62. The van der Waals surface area contributed by atoms with Crippen LogP contribution in [0.1, 0.15) is 0 Å². The second-order valence-corrected chi connectivity index (χ2v) is 0.0816. The van der Waals surface area contributed by atoms with Gasteiger partial charge >= 0.3 is 19.3 Å². The maximum atomic E-state index is 8.11. The number of hydrogen-bond acceptors (Lipinski definition) is 3. The Balaban J connectivity index is 0. The van der Waals surface area contributed by atoms with Crippen molar-refractivity contribution in [3.05, 3.63) is 4.91 Å². The van der Waals surface area contributed by atoms with Gasteiger partial charge in [0.15, 0.2) is 5.34 Å². The summed E-state index contributed by atoms with van der Waals surface area (Å²) in [6.45, 7) is 0. The summed E-state index contributed by atoms with van der Waals surface area (Å²) < 4.78 is 7.88. The molecule has 0 radical (unpaired) electrons. The van der Waals surface area contributed by atoms with Gasteiger partial charge in [0.2, 0.25) is 0 Å². The molecule has 0 aromatic carbocycles. The van der Waals surface area contributed by atoms with Crippen LogP contribution in [-0.4, -0.2) is 5.21 Å². The van der Waals surface area contributed by atoms with Crippen molar-refractivity contribution < 1.29 is 24.5 Å². The van der Waals surface area contributed by atoms with Gasteiger partial charge in [0, 0.05) is 0 Å². The first-order chi connectivity index (χ1) is 2.41. The van der Waals surface area contributed by atoms with Gasteiger partial charge in [0.1, 0.15) is 0 Å². The average Bonchev–Trinajstić information content (AvgIpc) is 1.46. The molecule has 0 aliphatic heterocycles. The minimum atomic E-state index is 1.25.